The first-order valence-corrected chi connectivity index (χ1v) is 5.27. The van der Waals surface area contributed by atoms with Gasteiger partial charge in [-0.2, -0.15) is 0 Å². The molecule has 0 atom stereocenters. The molecule has 0 amide bonds. The van der Waals surface area contributed by atoms with E-state index in [1.54, 1.807) is 4.90 Å². The van der Waals surface area contributed by atoms with Crippen LogP contribution in [0, 0.1) is 0 Å². The van der Waals surface area contributed by atoms with E-state index in [-0.39, 0.29) is 5.70 Å². The van der Waals surface area contributed by atoms with Crippen LogP contribution in [0.5, 0.6) is 0 Å². The van der Waals surface area contributed by atoms with Crippen LogP contribution in [0.25, 0.3) is 0 Å². The first-order chi connectivity index (χ1) is 8.10. The molecule has 0 saturated carbocycles. The van der Waals surface area contributed by atoms with Crippen LogP contribution in [0.15, 0.2) is 11.8 Å². The Morgan fingerprint density at radius 1 is 1.00 bits per heavy atom. The van der Waals surface area contributed by atoms with Crippen molar-refractivity contribution in [3.63, 3.8) is 0 Å². The quantitative estimate of drug-likeness (QED) is 0.388. The molecule has 6 heteroatoms. The second kappa shape index (κ2) is 6.03. The Morgan fingerprint density at radius 3 is 2.00 bits per heavy atom. The van der Waals surface area contributed by atoms with Crippen LogP contribution in [0.4, 0.5) is 0 Å². The summed E-state index contributed by atoms with van der Waals surface area (Å²) in [5.41, 5.74) is 0.111. The minimum absolute atomic E-state index is 0.111. The van der Waals surface area contributed by atoms with Gasteiger partial charge in [-0.05, 0) is 12.8 Å². The summed E-state index contributed by atoms with van der Waals surface area (Å²) in [5, 5.41) is 0. The number of ketones is 1. The summed E-state index contributed by atoms with van der Waals surface area (Å²) in [6.07, 6.45) is 2.87. The standard InChI is InChI=1S/C11H15NO5/c1-16-10(14)8(12-5-3-4-6-12)7-9(13)11(15)17-2/h7H,3-6H2,1-2H3. The Hall–Kier alpha value is -1.85. The highest BCUT2D eigenvalue weighted by molar-refractivity contribution is 6.39. The number of carbonyl (C=O) groups excluding carboxylic acids is 3. The van der Waals surface area contributed by atoms with Crippen LogP contribution < -0.4 is 0 Å². The third-order valence-electron chi connectivity index (χ3n) is 2.50. The number of hydrogen-bond acceptors (Lipinski definition) is 6. The van der Waals surface area contributed by atoms with Crippen molar-refractivity contribution < 1.29 is 23.9 Å². The van der Waals surface area contributed by atoms with E-state index in [0.717, 1.165) is 26.0 Å². The van der Waals surface area contributed by atoms with Crippen molar-refractivity contribution in [1.29, 1.82) is 0 Å². The largest absolute Gasteiger partial charge is 0.464 e. The highest BCUT2D eigenvalue weighted by atomic mass is 16.5. The van der Waals surface area contributed by atoms with Gasteiger partial charge in [0.25, 0.3) is 5.78 Å². The minimum Gasteiger partial charge on any atom is -0.464 e. The molecule has 0 aromatic heterocycles. The van der Waals surface area contributed by atoms with E-state index >= 15 is 0 Å². The molecular weight excluding hydrogens is 226 g/mol. The van der Waals surface area contributed by atoms with E-state index in [4.69, 9.17) is 0 Å². The lowest BCUT2D eigenvalue weighted by Crippen LogP contribution is -2.27. The Kier molecular flexibility index (Phi) is 4.68. The van der Waals surface area contributed by atoms with Gasteiger partial charge in [-0.15, -0.1) is 0 Å². The van der Waals surface area contributed by atoms with Gasteiger partial charge >= 0.3 is 11.9 Å². The average molecular weight is 241 g/mol. The van der Waals surface area contributed by atoms with Gasteiger partial charge < -0.3 is 14.4 Å². The zero-order chi connectivity index (χ0) is 12.8. The first-order valence-electron chi connectivity index (χ1n) is 5.27. The maximum atomic E-state index is 11.5. The van der Waals surface area contributed by atoms with Gasteiger partial charge in [0.1, 0.15) is 5.70 Å². The lowest BCUT2D eigenvalue weighted by Gasteiger charge is -2.18. The van der Waals surface area contributed by atoms with Crippen molar-refractivity contribution >= 4 is 17.7 Å². The molecule has 0 unspecified atom stereocenters. The van der Waals surface area contributed by atoms with Gasteiger partial charge in [-0.3, -0.25) is 4.79 Å². The fourth-order valence-electron chi connectivity index (χ4n) is 1.63. The maximum absolute atomic E-state index is 11.5. The number of ether oxygens (including phenoxy) is 2. The van der Waals surface area contributed by atoms with E-state index in [9.17, 15) is 14.4 Å². The van der Waals surface area contributed by atoms with Crippen molar-refractivity contribution in [2.75, 3.05) is 27.3 Å². The molecule has 17 heavy (non-hydrogen) atoms. The predicted molar refractivity (Wildman–Crippen MR) is 57.9 cm³/mol. The molecule has 1 aliphatic heterocycles. The van der Waals surface area contributed by atoms with Crippen LogP contribution in [0.1, 0.15) is 12.8 Å². The van der Waals surface area contributed by atoms with Crippen LogP contribution in [0.3, 0.4) is 0 Å². The van der Waals surface area contributed by atoms with Gasteiger partial charge in [0.05, 0.1) is 14.2 Å². The van der Waals surface area contributed by atoms with Crippen molar-refractivity contribution in [2.45, 2.75) is 12.8 Å². The summed E-state index contributed by atoms with van der Waals surface area (Å²) in [6.45, 7) is 1.35. The second-order valence-corrected chi connectivity index (χ2v) is 3.57. The summed E-state index contributed by atoms with van der Waals surface area (Å²) < 4.78 is 8.87. The highest BCUT2D eigenvalue weighted by Gasteiger charge is 2.24. The molecule has 0 aromatic rings. The molecule has 0 aromatic carbocycles. The van der Waals surface area contributed by atoms with Gasteiger partial charge in [-0.25, -0.2) is 9.59 Å². The van der Waals surface area contributed by atoms with Crippen molar-refractivity contribution in [2.24, 2.45) is 0 Å². The van der Waals surface area contributed by atoms with Crippen molar-refractivity contribution in [1.82, 2.24) is 4.90 Å². The number of likely N-dealkylation sites (tertiary alicyclic amines) is 1. The third kappa shape index (κ3) is 3.30. The van der Waals surface area contributed by atoms with E-state index in [1.165, 1.54) is 7.11 Å². The molecule has 0 aliphatic carbocycles. The summed E-state index contributed by atoms with van der Waals surface area (Å²) in [5.74, 6) is -2.48. The van der Waals surface area contributed by atoms with Crippen LogP contribution in [-0.2, 0) is 23.9 Å². The van der Waals surface area contributed by atoms with Gasteiger partial charge in [0.2, 0.25) is 0 Å². The normalized spacial score (nSPS) is 15.6. The molecule has 6 nitrogen and oxygen atoms in total. The average Bonchev–Trinajstić information content (AvgIpc) is 2.87. The molecule has 0 N–H and O–H groups in total. The number of hydrogen-bond donors (Lipinski definition) is 0. The number of rotatable bonds is 4. The molecule has 0 bridgehead atoms. The summed E-state index contributed by atoms with van der Waals surface area (Å²) >= 11 is 0. The van der Waals surface area contributed by atoms with Crippen molar-refractivity contribution in [3.8, 4) is 0 Å². The number of carbonyl (C=O) groups is 3. The molecule has 1 rings (SSSR count). The number of methoxy groups -OCH3 is 2. The summed E-state index contributed by atoms with van der Waals surface area (Å²) in [7, 11) is 2.34. The monoisotopic (exact) mass is 241 g/mol. The number of esters is 2. The third-order valence-corrected chi connectivity index (χ3v) is 2.50. The Bertz CT molecular complexity index is 355. The predicted octanol–water partition coefficient (Wildman–Crippen LogP) is -0.119. The first kappa shape index (κ1) is 13.2. The van der Waals surface area contributed by atoms with Gasteiger partial charge in [-0.1, -0.05) is 0 Å². The Balaban J connectivity index is 2.89. The maximum Gasteiger partial charge on any atom is 0.378 e. The second-order valence-electron chi connectivity index (χ2n) is 3.57. The smallest absolute Gasteiger partial charge is 0.378 e. The molecule has 1 saturated heterocycles. The zero-order valence-electron chi connectivity index (χ0n) is 9.89. The summed E-state index contributed by atoms with van der Waals surface area (Å²) in [6, 6.07) is 0. The molecule has 1 aliphatic rings. The molecule has 1 fully saturated rings. The Labute approximate surface area is 99.2 Å². The lowest BCUT2D eigenvalue weighted by molar-refractivity contribution is -0.149. The van der Waals surface area contributed by atoms with Crippen molar-refractivity contribution in [3.05, 3.63) is 11.8 Å². The van der Waals surface area contributed by atoms with E-state index in [1.807, 2.05) is 0 Å². The van der Waals surface area contributed by atoms with Crippen LogP contribution in [-0.4, -0.2) is 49.9 Å². The molecule has 0 radical (unpaired) electrons. The molecular formula is C11H15NO5. The highest BCUT2D eigenvalue weighted by Crippen LogP contribution is 2.15. The molecule has 94 valence electrons. The van der Waals surface area contributed by atoms with E-state index in [2.05, 4.69) is 9.47 Å². The molecule has 1 heterocycles. The Morgan fingerprint density at radius 2 is 1.53 bits per heavy atom. The topological polar surface area (TPSA) is 72.9 Å². The molecule has 0 spiro atoms. The van der Waals surface area contributed by atoms with Crippen LogP contribution in [0.2, 0.25) is 0 Å². The van der Waals surface area contributed by atoms with Gasteiger partial charge in [0.15, 0.2) is 0 Å². The minimum atomic E-state index is -0.995. The summed E-state index contributed by atoms with van der Waals surface area (Å²) in [4.78, 5) is 35.6. The lowest BCUT2D eigenvalue weighted by atomic mass is 10.3. The zero-order valence-corrected chi connectivity index (χ0v) is 9.89. The number of nitrogens with zero attached hydrogens (tertiary/aromatic N) is 1. The fraction of sp³-hybridized carbons (Fsp3) is 0.545. The van der Waals surface area contributed by atoms with E-state index in [0.29, 0.717) is 13.1 Å². The van der Waals surface area contributed by atoms with Crippen LogP contribution >= 0.6 is 0 Å². The van der Waals surface area contributed by atoms with Gasteiger partial charge in [0, 0.05) is 19.2 Å². The van der Waals surface area contributed by atoms with E-state index < -0.39 is 17.7 Å². The SMILES string of the molecule is COC(=O)C(=O)C=C(C(=O)OC)N1CCCC1. The fourth-order valence-corrected chi connectivity index (χ4v) is 1.63.